The maximum Gasteiger partial charge on any atom is 0.259 e. The van der Waals surface area contributed by atoms with Crippen LogP contribution < -0.4 is 5.32 Å². The largest absolute Gasteiger partial charge is 0.412 e. The molecular weight excluding hydrogens is 538 g/mol. The number of benzene rings is 2. The average Bonchev–Trinajstić information content (AvgIpc) is 3.60. The molecule has 0 unspecified atom stereocenters. The molecule has 1 saturated heterocycles. The van der Waals surface area contributed by atoms with E-state index >= 15 is 0 Å². The van der Waals surface area contributed by atoms with E-state index in [1.165, 1.54) is 0 Å². The number of nitrogens with one attached hydrogen (secondary N) is 1. The van der Waals surface area contributed by atoms with E-state index in [0.29, 0.717) is 17.2 Å². The first-order chi connectivity index (χ1) is 19.1. The van der Waals surface area contributed by atoms with E-state index in [0.717, 1.165) is 71.1 Å². The number of pyridine rings is 1. The number of aromatic nitrogens is 3. The zero-order chi connectivity index (χ0) is 26.5. The molecule has 0 radical (unpaired) electrons. The molecule has 0 aliphatic carbocycles. The van der Waals surface area contributed by atoms with E-state index in [-0.39, 0.29) is 29.7 Å². The molecule has 8 nitrogen and oxygen atoms in total. The van der Waals surface area contributed by atoms with Crippen LogP contribution in [0.5, 0.6) is 0 Å². The van der Waals surface area contributed by atoms with Crippen molar-refractivity contribution in [3.8, 4) is 0 Å². The summed E-state index contributed by atoms with van der Waals surface area (Å²) in [4.78, 5) is 33.5. The Morgan fingerprint density at radius 2 is 1.39 bits per heavy atom. The second-order valence-corrected chi connectivity index (χ2v) is 10.5. The summed E-state index contributed by atoms with van der Waals surface area (Å²) in [6.07, 6.45) is 7.91. The molecule has 2 aliphatic heterocycles. The number of amides is 2. The molecule has 1 fully saturated rings. The van der Waals surface area contributed by atoms with Gasteiger partial charge in [-0.15, -0.1) is 12.4 Å². The first-order valence-corrected chi connectivity index (χ1v) is 13.4. The lowest BCUT2D eigenvalue weighted by Gasteiger charge is -2.33. The Kier molecular flexibility index (Phi) is 7.82. The van der Waals surface area contributed by atoms with E-state index in [2.05, 4.69) is 44.2 Å². The summed E-state index contributed by atoms with van der Waals surface area (Å²) in [6, 6.07) is 22.6. The second-order valence-electron chi connectivity index (χ2n) is 10.5. The Bertz CT molecular complexity index is 1780. The van der Waals surface area contributed by atoms with Gasteiger partial charge in [0.2, 0.25) is 0 Å². The molecule has 9 heteroatoms. The van der Waals surface area contributed by atoms with Gasteiger partial charge in [-0.1, -0.05) is 42.5 Å². The van der Waals surface area contributed by atoms with E-state index in [1.54, 1.807) is 0 Å². The number of hydrogen-bond donors (Lipinski definition) is 1. The van der Waals surface area contributed by atoms with Crippen LogP contribution in [0.4, 0.5) is 0 Å². The lowest BCUT2D eigenvalue weighted by atomic mass is 9.95. The lowest BCUT2D eigenvalue weighted by molar-refractivity contribution is -0.122. The minimum Gasteiger partial charge on any atom is -0.412 e. The Labute approximate surface area is 244 Å². The van der Waals surface area contributed by atoms with Gasteiger partial charge < -0.3 is 14.6 Å². The Morgan fingerprint density at radius 1 is 0.805 bits per heavy atom. The van der Waals surface area contributed by atoms with E-state index in [9.17, 15) is 9.59 Å². The van der Waals surface area contributed by atoms with Gasteiger partial charge >= 0.3 is 0 Å². The van der Waals surface area contributed by atoms with Crippen LogP contribution in [0.1, 0.15) is 35.7 Å². The Balaban J connectivity index is 0.00000169. The van der Waals surface area contributed by atoms with Gasteiger partial charge in [0.25, 0.3) is 11.8 Å². The van der Waals surface area contributed by atoms with Gasteiger partial charge in [-0.25, -0.2) is 0 Å². The van der Waals surface area contributed by atoms with Crippen LogP contribution in [0, 0.1) is 0 Å². The summed E-state index contributed by atoms with van der Waals surface area (Å²) in [7, 11) is 1.97. The number of likely N-dealkylation sites (tertiary alicyclic amines) is 1. The van der Waals surface area contributed by atoms with Crippen molar-refractivity contribution in [2.24, 2.45) is 7.05 Å². The zero-order valence-electron chi connectivity index (χ0n) is 22.7. The monoisotopic (exact) mass is 569 g/mol. The fourth-order valence-electron chi connectivity index (χ4n) is 6.29. The van der Waals surface area contributed by atoms with Gasteiger partial charge in [-0.2, -0.15) is 0 Å². The van der Waals surface area contributed by atoms with Gasteiger partial charge in [0.15, 0.2) is 0 Å². The maximum absolute atomic E-state index is 13.3. The van der Waals surface area contributed by atoms with Gasteiger partial charge in [-0.05, 0) is 37.1 Å². The summed E-state index contributed by atoms with van der Waals surface area (Å²) >= 11 is 0. The van der Waals surface area contributed by atoms with Crippen molar-refractivity contribution in [3.63, 3.8) is 0 Å². The van der Waals surface area contributed by atoms with E-state index in [4.69, 9.17) is 0 Å². The number of piperidine rings is 1. The zero-order valence-corrected chi connectivity index (χ0v) is 23.5. The summed E-state index contributed by atoms with van der Waals surface area (Å²) in [5, 5.41) is 4.54. The molecule has 2 amide bonds. The van der Waals surface area contributed by atoms with Crippen LogP contribution >= 0.6 is 12.4 Å². The molecule has 0 saturated carbocycles. The minimum absolute atomic E-state index is 0. The van der Waals surface area contributed by atoms with Crippen molar-refractivity contribution in [1.29, 1.82) is 0 Å². The first kappa shape index (κ1) is 28.3. The fraction of sp³-hybridized carbons (Fsp3) is 0.219. The van der Waals surface area contributed by atoms with Crippen molar-refractivity contribution < 1.29 is 15.1 Å². The molecule has 2 aliphatic rings. The van der Waals surface area contributed by atoms with Gasteiger partial charge in [0, 0.05) is 84.2 Å². The van der Waals surface area contributed by atoms with Crippen molar-refractivity contribution in [3.05, 3.63) is 102 Å². The van der Waals surface area contributed by atoms with Crippen LogP contribution in [0.15, 0.2) is 85.3 Å². The molecule has 0 atom stereocenters. The number of para-hydroxylation sites is 2. The molecule has 7 rings (SSSR count). The van der Waals surface area contributed by atoms with Crippen molar-refractivity contribution in [2.75, 3.05) is 13.1 Å². The normalized spacial score (nSPS) is 16.2. The molecule has 5 aromatic rings. The molecule has 0 spiro atoms. The lowest BCUT2D eigenvalue weighted by Crippen LogP contribution is -2.34. The quantitative estimate of drug-likeness (QED) is 0.314. The van der Waals surface area contributed by atoms with Crippen LogP contribution in [0.25, 0.3) is 33.0 Å². The van der Waals surface area contributed by atoms with Crippen molar-refractivity contribution >= 4 is 57.2 Å². The van der Waals surface area contributed by atoms with E-state index < -0.39 is 0 Å². The molecule has 3 N–H and O–H groups in total. The SMILES string of the molecule is Cl.Cn1cc(C2=C(c3cn(C4CCN(Cc5ccccn5)CC4)c4ccccc34)C(=O)NC2=O)c2ccccc21.O. The standard InChI is InChI=1S/C32H29N5O2.ClH.H2O/c1-35-19-25(23-9-2-4-11-27(23)35)29-30(32(39)34-31(29)38)26-20-37(28-12-5-3-10-24(26)28)22-13-16-36(17-14-22)18-21-8-6-7-15-33-21;;/h2-12,15,19-20,22H,13-14,16-18H2,1H3,(H,34,38,39);1H;1H2. The van der Waals surface area contributed by atoms with Crippen LogP contribution in [-0.2, 0) is 23.2 Å². The predicted molar refractivity (Wildman–Crippen MR) is 163 cm³/mol. The highest BCUT2D eigenvalue weighted by atomic mass is 35.5. The number of nitrogens with zero attached hydrogens (tertiary/aromatic N) is 4. The highest BCUT2D eigenvalue weighted by Gasteiger charge is 2.36. The molecule has 5 heterocycles. The summed E-state index contributed by atoms with van der Waals surface area (Å²) in [5.74, 6) is -0.679. The van der Waals surface area contributed by atoms with Crippen LogP contribution in [-0.4, -0.2) is 49.4 Å². The predicted octanol–water partition coefficient (Wildman–Crippen LogP) is 4.53. The molecule has 41 heavy (non-hydrogen) atoms. The molecule has 0 bridgehead atoms. The Morgan fingerprint density at radius 3 is 2.05 bits per heavy atom. The van der Waals surface area contributed by atoms with Crippen molar-refractivity contribution in [1.82, 2.24) is 24.3 Å². The molecule has 3 aromatic heterocycles. The smallest absolute Gasteiger partial charge is 0.259 e. The summed E-state index contributed by atoms with van der Waals surface area (Å²) in [6.45, 7) is 2.81. The van der Waals surface area contributed by atoms with Gasteiger partial charge in [-0.3, -0.25) is 24.8 Å². The molecular formula is C32H32ClN5O3. The Hall–Kier alpha value is -4.24. The second kappa shape index (κ2) is 11.3. The van der Waals surface area contributed by atoms with Crippen molar-refractivity contribution in [2.45, 2.75) is 25.4 Å². The van der Waals surface area contributed by atoms with Crippen LogP contribution in [0.3, 0.4) is 0 Å². The third-order valence-electron chi connectivity index (χ3n) is 8.17. The highest BCUT2D eigenvalue weighted by Crippen LogP contribution is 2.40. The topological polar surface area (TPSA) is 104 Å². The summed E-state index contributed by atoms with van der Waals surface area (Å²) in [5.41, 5.74) is 5.70. The number of carbonyl (C=O) groups excluding carboxylic acids is 2. The third kappa shape index (κ3) is 4.84. The van der Waals surface area contributed by atoms with Crippen LogP contribution in [0.2, 0.25) is 0 Å². The average molecular weight is 570 g/mol. The number of aryl methyl sites for hydroxylation is 1. The molecule has 2 aromatic carbocycles. The highest BCUT2D eigenvalue weighted by molar-refractivity contribution is 6.50. The van der Waals surface area contributed by atoms with Gasteiger partial charge in [0.05, 0.1) is 16.8 Å². The number of carbonyl (C=O) groups is 2. The number of halogens is 1. The number of imide groups is 1. The third-order valence-corrected chi connectivity index (χ3v) is 8.17. The maximum atomic E-state index is 13.3. The number of fused-ring (bicyclic) bond motifs is 2. The summed E-state index contributed by atoms with van der Waals surface area (Å²) < 4.78 is 4.33. The number of rotatable bonds is 5. The fourth-order valence-corrected chi connectivity index (χ4v) is 6.29. The molecule has 210 valence electrons. The number of hydrogen-bond acceptors (Lipinski definition) is 4. The minimum atomic E-state index is -0.342. The van der Waals surface area contributed by atoms with Gasteiger partial charge in [0.1, 0.15) is 0 Å². The first-order valence-electron chi connectivity index (χ1n) is 13.4. The van der Waals surface area contributed by atoms with E-state index in [1.807, 2.05) is 72.5 Å².